The highest BCUT2D eigenvalue weighted by molar-refractivity contribution is 5.74. The third-order valence-electron chi connectivity index (χ3n) is 5.51. The van der Waals surface area contributed by atoms with Gasteiger partial charge in [0, 0.05) is 18.0 Å². The van der Waals surface area contributed by atoms with Gasteiger partial charge in [0.1, 0.15) is 0 Å². The van der Waals surface area contributed by atoms with E-state index >= 15 is 0 Å². The van der Waals surface area contributed by atoms with Gasteiger partial charge in [0.15, 0.2) is 0 Å². The van der Waals surface area contributed by atoms with E-state index in [1.54, 1.807) is 0 Å². The van der Waals surface area contributed by atoms with Gasteiger partial charge in [0.05, 0.1) is 6.10 Å². The first-order chi connectivity index (χ1) is 11.1. The van der Waals surface area contributed by atoms with Gasteiger partial charge in [-0.05, 0) is 56.1 Å². The molecule has 1 fully saturated rings. The van der Waals surface area contributed by atoms with Crippen LogP contribution in [0.25, 0.3) is 0 Å². The molecule has 23 heavy (non-hydrogen) atoms. The fraction of sp³-hybridized carbons (Fsp3) is 0.632. The SMILES string of the molecule is CC1(CNC(=O)NC2CCC(O)CC2)CCCc2ccccc21. The number of aryl methyl sites for hydroxylation is 1. The maximum atomic E-state index is 12.2. The van der Waals surface area contributed by atoms with Crippen LogP contribution in [-0.2, 0) is 11.8 Å². The van der Waals surface area contributed by atoms with Crippen LogP contribution in [0.2, 0.25) is 0 Å². The minimum atomic E-state index is -0.186. The zero-order valence-corrected chi connectivity index (χ0v) is 14.0. The molecule has 0 radical (unpaired) electrons. The van der Waals surface area contributed by atoms with Crippen LogP contribution >= 0.6 is 0 Å². The number of hydrogen-bond donors (Lipinski definition) is 3. The third kappa shape index (κ3) is 3.86. The minimum Gasteiger partial charge on any atom is -0.393 e. The van der Waals surface area contributed by atoms with Gasteiger partial charge in [0.25, 0.3) is 0 Å². The summed E-state index contributed by atoms with van der Waals surface area (Å²) >= 11 is 0. The van der Waals surface area contributed by atoms with Crippen molar-refractivity contribution in [3.63, 3.8) is 0 Å². The molecule has 2 aliphatic rings. The maximum absolute atomic E-state index is 12.2. The molecule has 4 heteroatoms. The number of amides is 2. The predicted molar refractivity (Wildman–Crippen MR) is 91.5 cm³/mol. The molecule has 3 rings (SSSR count). The second-order valence-corrected chi connectivity index (χ2v) is 7.40. The minimum absolute atomic E-state index is 0.0228. The van der Waals surface area contributed by atoms with Gasteiger partial charge in [-0.2, -0.15) is 0 Å². The van der Waals surface area contributed by atoms with Crippen LogP contribution in [0.1, 0.15) is 56.6 Å². The number of nitrogens with one attached hydrogen (secondary N) is 2. The van der Waals surface area contributed by atoms with E-state index in [-0.39, 0.29) is 23.6 Å². The molecular weight excluding hydrogens is 288 g/mol. The predicted octanol–water partition coefficient (Wildman–Crippen LogP) is 2.88. The number of aliphatic hydroxyl groups is 1. The van der Waals surface area contributed by atoms with E-state index in [0.717, 1.165) is 38.5 Å². The number of benzene rings is 1. The average molecular weight is 316 g/mol. The van der Waals surface area contributed by atoms with Crippen molar-refractivity contribution in [1.29, 1.82) is 0 Å². The Hall–Kier alpha value is -1.55. The van der Waals surface area contributed by atoms with Gasteiger partial charge >= 0.3 is 6.03 Å². The van der Waals surface area contributed by atoms with E-state index in [0.29, 0.717) is 6.54 Å². The lowest BCUT2D eigenvalue weighted by Gasteiger charge is -2.36. The van der Waals surface area contributed by atoms with Crippen LogP contribution in [0.4, 0.5) is 4.79 Å². The second-order valence-electron chi connectivity index (χ2n) is 7.40. The van der Waals surface area contributed by atoms with Gasteiger partial charge in [-0.25, -0.2) is 4.79 Å². The van der Waals surface area contributed by atoms with Crippen molar-refractivity contribution in [2.45, 2.75) is 69.4 Å². The molecule has 0 spiro atoms. The maximum Gasteiger partial charge on any atom is 0.315 e. The lowest BCUT2D eigenvalue weighted by molar-refractivity contribution is 0.117. The number of fused-ring (bicyclic) bond motifs is 1. The Kier molecular flexibility index (Phi) is 4.90. The van der Waals surface area contributed by atoms with Crippen molar-refractivity contribution in [3.05, 3.63) is 35.4 Å². The first-order valence-corrected chi connectivity index (χ1v) is 8.88. The van der Waals surface area contributed by atoms with Crippen LogP contribution in [0.3, 0.4) is 0 Å². The normalized spacial score (nSPS) is 30.3. The van der Waals surface area contributed by atoms with E-state index < -0.39 is 0 Å². The molecule has 0 heterocycles. The van der Waals surface area contributed by atoms with E-state index in [1.165, 1.54) is 17.5 Å². The topological polar surface area (TPSA) is 61.4 Å². The average Bonchev–Trinajstić information content (AvgIpc) is 2.56. The number of aliphatic hydroxyl groups excluding tert-OH is 1. The molecular formula is C19H28N2O2. The lowest BCUT2D eigenvalue weighted by Crippen LogP contribution is -2.48. The van der Waals surface area contributed by atoms with Gasteiger partial charge in [-0.15, -0.1) is 0 Å². The number of hydrogen-bond acceptors (Lipinski definition) is 2. The molecule has 1 unspecified atom stereocenters. The Labute approximate surface area is 138 Å². The molecule has 0 saturated heterocycles. The quantitative estimate of drug-likeness (QED) is 0.803. The molecule has 0 aromatic heterocycles. The van der Waals surface area contributed by atoms with Gasteiger partial charge in [-0.1, -0.05) is 31.2 Å². The summed E-state index contributed by atoms with van der Waals surface area (Å²) in [5.74, 6) is 0. The van der Waals surface area contributed by atoms with Crippen molar-refractivity contribution in [3.8, 4) is 0 Å². The molecule has 0 bridgehead atoms. The fourth-order valence-corrected chi connectivity index (χ4v) is 4.05. The van der Waals surface area contributed by atoms with Crippen LogP contribution in [0, 0.1) is 0 Å². The summed E-state index contributed by atoms with van der Waals surface area (Å²) in [5.41, 5.74) is 2.83. The van der Waals surface area contributed by atoms with Crippen molar-refractivity contribution >= 4 is 6.03 Å². The monoisotopic (exact) mass is 316 g/mol. The second kappa shape index (κ2) is 6.91. The Bertz CT molecular complexity index is 552. The molecule has 1 saturated carbocycles. The highest BCUT2D eigenvalue weighted by Gasteiger charge is 2.32. The largest absolute Gasteiger partial charge is 0.393 e. The lowest BCUT2D eigenvalue weighted by atomic mass is 9.71. The summed E-state index contributed by atoms with van der Waals surface area (Å²) in [6.07, 6.45) is 6.56. The number of carbonyl (C=O) groups excluding carboxylic acids is 1. The summed E-state index contributed by atoms with van der Waals surface area (Å²) < 4.78 is 0. The molecule has 0 aliphatic heterocycles. The summed E-state index contributed by atoms with van der Waals surface area (Å²) in [6, 6.07) is 8.73. The molecule has 2 amide bonds. The molecule has 4 nitrogen and oxygen atoms in total. The first-order valence-electron chi connectivity index (χ1n) is 8.88. The Morgan fingerprint density at radius 2 is 2.00 bits per heavy atom. The van der Waals surface area contributed by atoms with Gasteiger partial charge < -0.3 is 15.7 Å². The molecule has 126 valence electrons. The van der Waals surface area contributed by atoms with Crippen LogP contribution in [0.15, 0.2) is 24.3 Å². The number of rotatable bonds is 3. The molecule has 1 atom stereocenters. The smallest absolute Gasteiger partial charge is 0.315 e. The summed E-state index contributed by atoms with van der Waals surface area (Å²) in [5, 5.41) is 15.7. The Balaban J connectivity index is 1.55. The first kappa shape index (κ1) is 16.3. The van der Waals surface area contributed by atoms with Crippen LogP contribution in [0.5, 0.6) is 0 Å². The highest BCUT2D eigenvalue weighted by Crippen LogP contribution is 2.36. The summed E-state index contributed by atoms with van der Waals surface area (Å²) in [4.78, 5) is 12.2. The van der Waals surface area contributed by atoms with Crippen molar-refractivity contribution in [2.75, 3.05) is 6.54 Å². The summed E-state index contributed by atoms with van der Waals surface area (Å²) in [7, 11) is 0. The van der Waals surface area contributed by atoms with E-state index in [4.69, 9.17) is 0 Å². The van der Waals surface area contributed by atoms with Gasteiger partial charge in [-0.3, -0.25) is 0 Å². The fourth-order valence-electron chi connectivity index (χ4n) is 4.05. The standard InChI is InChI=1S/C19H28N2O2/c1-19(12-4-6-14-5-2-3-7-17(14)19)13-20-18(23)21-15-8-10-16(22)11-9-15/h2-3,5,7,15-16,22H,4,6,8-13H2,1H3,(H2,20,21,23). The van der Waals surface area contributed by atoms with Crippen molar-refractivity contribution < 1.29 is 9.90 Å². The van der Waals surface area contributed by atoms with Gasteiger partial charge in [0.2, 0.25) is 0 Å². The van der Waals surface area contributed by atoms with Crippen molar-refractivity contribution in [2.24, 2.45) is 0 Å². The molecule has 2 aliphatic carbocycles. The van der Waals surface area contributed by atoms with Crippen LogP contribution < -0.4 is 10.6 Å². The highest BCUT2D eigenvalue weighted by atomic mass is 16.3. The van der Waals surface area contributed by atoms with E-state index in [1.807, 2.05) is 0 Å². The molecule has 3 N–H and O–H groups in total. The Morgan fingerprint density at radius 3 is 2.78 bits per heavy atom. The summed E-state index contributed by atoms with van der Waals surface area (Å²) in [6.45, 7) is 2.92. The Morgan fingerprint density at radius 1 is 1.26 bits per heavy atom. The molecule has 1 aromatic rings. The number of urea groups is 1. The van der Waals surface area contributed by atoms with E-state index in [9.17, 15) is 9.90 Å². The van der Waals surface area contributed by atoms with Crippen LogP contribution in [-0.4, -0.2) is 29.8 Å². The van der Waals surface area contributed by atoms with E-state index in [2.05, 4.69) is 41.8 Å². The third-order valence-corrected chi connectivity index (χ3v) is 5.51. The zero-order valence-electron chi connectivity index (χ0n) is 14.0. The van der Waals surface area contributed by atoms with Crippen molar-refractivity contribution in [1.82, 2.24) is 10.6 Å². The number of carbonyl (C=O) groups is 1. The molecule has 1 aromatic carbocycles. The zero-order chi connectivity index (χ0) is 16.3.